The van der Waals surface area contributed by atoms with E-state index in [2.05, 4.69) is 5.32 Å². The van der Waals surface area contributed by atoms with Crippen molar-refractivity contribution >= 4 is 5.91 Å². The van der Waals surface area contributed by atoms with Gasteiger partial charge in [-0.2, -0.15) is 0 Å². The van der Waals surface area contributed by atoms with Gasteiger partial charge in [-0.15, -0.1) is 0 Å². The summed E-state index contributed by atoms with van der Waals surface area (Å²) in [7, 11) is 0. The van der Waals surface area contributed by atoms with Crippen molar-refractivity contribution in [3.8, 4) is 0 Å². The maximum atomic E-state index is 12.2. The topological polar surface area (TPSA) is 395 Å². The molecule has 5 saturated heterocycles. The highest BCUT2D eigenvalue weighted by Crippen LogP contribution is 2.37. The monoisotopic (exact) mass is 837 g/mol. The van der Waals surface area contributed by atoms with E-state index < -0.39 is 179 Å². The molecule has 0 aromatic carbocycles. The molecule has 332 valence electrons. The molecule has 57 heavy (non-hydrogen) atoms. The quantitative estimate of drug-likeness (QED) is 0.0867. The minimum Gasteiger partial charge on any atom is -0.394 e. The number of amides is 1. The van der Waals surface area contributed by atoms with Gasteiger partial charge in [0.2, 0.25) is 5.91 Å². The van der Waals surface area contributed by atoms with Gasteiger partial charge in [0.25, 0.3) is 0 Å². The van der Waals surface area contributed by atoms with Gasteiger partial charge in [0, 0.05) is 6.92 Å². The van der Waals surface area contributed by atoms with Crippen LogP contribution in [0.15, 0.2) is 0 Å². The standard InChI is InChI=1S/C32H55NO24/c1-7-14(38)19(43)21(45)30(49-7)56-26-23(47)28(48)51-12(6-36)24(26)54-32-27(57-31-22(46)20(44)15(39)8(2)50-31)25(17(41)11(5-35)53-32)55-29-13(33-9(3)37)18(42)16(40)10(4-34)52-29/h7-8,10-32,34-36,38-48H,4-6H2,1-3H3,(H,33,37)/t7-,8-,10+,11+,12+,13+,14+,15+,16-,17-,18+,19+,20+,21-,22-,23+,24+,25-,26+,27+,28?,29+,30-,31-,32+/m0/s1. The first kappa shape index (κ1) is 46.6. The van der Waals surface area contributed by atoms with Crippen molar-refractivity contribution in [3.63, 3.8) is 0 Å². The van der Waals surface area contributed by atoms with Gasteiger partial charge in [0.05, 0.1) is 32.0 Å². The fraction of sp³-hybridized carbons (Fsp3) is 0.969. The molecule has 25 atom stereocenters. The Labute approximate surface area is 324 Å². The molecule has 5 aliphatic rings. The van der Waals surface area contributed by atoms with Crippen molar-refractivity contribution in [1.29, 1.82) is 0 Å². The predicted octanol–water partition coefficient (Wildman–Crippen LogP) is -9.73. The first-order chi connectivity index (χ1) is 26.8. The van der Waals surface area contributed by atoms with Crippen LogP contribution < -0.4 is 5.32 Å². The largest absolute Gasteiger partial charge is 0.394 e. The van der Waals surface area contributed by atoms with E-state index in [0.717, 1.165) is 6.92 Å². The molecule has 0 aliphatic carbocycles. The molecule has 1 amide bonds. The molecule has 5 heterocycles. The van der Waals surface area contributed by atoms with Crippen LogP contribution in [0.1, 0.15) is 20.8 Å². The number of carbonyl (C=O) groups is 1. The molecular formula is C32H55NO24. The molecule has 5 fully saturated rings. The second-order valence-electron chi connectivity index (χ2n) is 14.7. The molecule has 0 radical (unpaired) electrons. The van der Waals surface area contributed by atoms with Crippen LogP contribution in [0.3, 0.4) is 0 Å². The van der Waals surface area contributed by atoms with E-state index >= 15 is 0 Å². The van der Waals surface area contributed by atoms with Crippen molar-refractivity contribution in [2.45, 2.75) is 174 Å². The summed E-state index contributed by atoms with van der Waals surface area (Å²) >= 11 is 0. The normalized spacial score (nSPS) is 52.3. The molecule has 0 aromatic heterocycles. The Balaban J connectivity index is 1.54. The highest BCUT2D eigenvalue weighted by Gasteiger charge is 2.57. The summed E-state index contributed by atoms with van der Waals surface area (Å²) in [6.45, 7) is 0.896. The molecule has 0 bridgehead atoms. The third-order valence-electron chi connectivity index (χ3n) is 10.6. The van der Waals surface area contributed by atoms with E-state index in [0.29, 0.717) is 0 Å². The number of aliphatic hydroxyl groups excluding tert-OH is 14. The predicted molar refractivity (Wildman–Crippen MR) is 175 cm³/mol. The average Bonchev–Trinajstić information content (AvgIpc) is 3.18. The van der Waals surface area contributed by atoms with Crippen LogP contribution in [0, 0.1) is 0 Å². The minimum absolute atomic E-state index is 0.747. The Kier molecular flexibility index (Phi) is 16.0. The maximum absolute atomic E-state index is 12.2. The highest BCUT2D eigenvalue weighted by atomic mass is 16.8. The smallest absolute Gasteiger partial charge is 0.217 e. The van der Waals surface area contributed by atoms with Gasteiger partial charge < -0.3 is 119 Å². The van der Waals surface area contributed by atoms with E-state index in [1.54, 1.807) is 0 Å². The fourth-order valence-corrected chi connectivity index (χ4v) is 7.28. The summed E-state index contributed by atoms with van der Waals surface area (Å²) in [6.07, 6.45) is -42.9. The molecule has 0 spiro atoms. The van der Waals surface area contributed by atoms with Crippen LogP contribution in [0.4, 0.5) is 0 Å². The van der Waals surface area contributed by atoms with Gasteiger partial charge in [-0.1, -0.05) is 0 Å². The Morgan fingerprint density at radius 1 is 0.456 bits per heavy atom. The van der Waals surface area contributed by atoms with Gasteiger partial charge in [0.1, 0.15) is 110 Å². The third kappa shape index (κ3) is 9.71. The van der Waals surface area contributed by atoms with Gasteiger partial charge in [0.15, 0.2) is 31.5 Å². The minimum atomic E-state index is -2.07. The zero-order valence-corrected chi connectivity index (χ0v) is 30.9. The molecule has 15 N–H and O–H groups in total. The Morgan fingerprint density at radius 3 is 1.40 bits per heavy atom. The van der Waals surface area contributed by atoms with Crippen molar-refractivity contribution < 1.29 is 119 Å². The lowest BCUT2D eigenvalue weighted by atomic mass is 9.94. The second-order valence-corrected chi connectivity index (χ2v) is 14.7. The first-order valence-corrected chi connectivity index (χ1v) is 18.3. The lowest BCUT2D eigenvalue weighted by molar-refractivity contribution is -0.408. The highest BCUT2D eigenvalue weighted by molar-refractivity contribution is 5.73. The fourth-order valence-electron chi connectivity index (χ4n) is 7.28. The second kappa shape index (κ2) is 19.5. The molecule has 5 aliphatic heterocycles. The van der Waals surface area contributed by atoms with Crippen LogP contribution in [-0.2, 0) is 47.4 Å². The zero-order valence-electron chi connectivity index (χ0n) is 30.9. The van der Waals surface area contributed by atoms with Crippen molar-refractivity contribution in [1.82, 2.24) is 5.32 Å². The number of ether oxygens (including phenoxy) is 9. The molecule has 0 saturated carbocycles. The van der Waals surface area contributed by atoms with Gasteiger partial charge in [-0.25, -0.2) is 0 Å². The molecular weight excluding hydrogens is 782 g/mol. The SMILES string of the molecule is CC(=O)N[C@H]1[C@@H](O[C@H]2[C@@H](O)[C@@H](CO)O[C@H](O[C@H]3[C@H](O[C@@H]4O[C@@H](C)[C@@H](O)[C@@H](O)[C@@H]4O)[C@@H](O)C(O)O[C@@H]3CO)[C@@H]2O[C@@H]2O[C@@H](C)[C@@H](O)[C@@H](O)[C@@H]2O)O[C@H](CO)[C@H](O)[C@@H]1O. The number of hydrogen-bond donors (Lipinski definition) is 15. The summed E-state index contributed by atoms with van der Waals surface area (Å²) in [5.41, 5.74) is 0. The number of rotatable bonds is 12. The van der Waals surface area contributed by atoms with Crippen LogP contribution in [-0.4, -0.2) is 251 Å². The van der Waals surface area contributed by atoms with Crippen LogP contribution in [0.5, 0.6) is 0 Å². The van der Waals surface area contributed by atoms with Gasteiger partial charge in [-0.3, -0.25) is 4.79 Å². The van der Waals surface area contributed by atoms with Crippen LogP contribution in [0.2, 0.25) is 0 Å². The molecule has 1 unspecified atom stereocenters. The lowest BCUT2D eigenvalue weighted by Gasteiger charge is -2.51. The van der Waals surface area contributed by atoms with E-state index in [1.165, 1.54) is 13.8 Å². The van der Waals surface area contributed by atoms with Crippen molar-refractivity contribution in [2.75, 3.05) is 19.8 Å². The Morgan fingerprint density at radius 2 is 0.895 bits per heavy atom. The van der Waals surface area contributed by atoms with Gasteiger partial charge in [-0.05, 0) is 13.8 Å². The van der Waals surface area contributed by atoms with E-state index in [4.69, 9.17) is 42.6 Å². The molecule has 25 heteroatoms. The van der Waals surface area contributed by atoms with Gasteiger partial charge >= 0.3 is 0 Å². The van der Waals surface area contributed by atoms with Crippen LogP contribution in [0.25, 0.3) is 0 Å². The first-order valence-electron chi connectivity index (χ1n) is 18.3. The maximum Gasteiger partial charge on any atom is 0.217 e. The third-order valence-corrected chi connectivity index (χ3v) is 10.6. The van der Waals surface area contributed by atoms with Crippen molar-refractivity contribution in [2.24, 2.45) is 0 Å². The molecule has 0 aromatic rings. The van der Waals surface area contributed by atoms with E-state index in [9.17, 15) is 76.3 Å². The van der Waals surface area contributed by atoms with E-state index in [1.807, 2.05) is 0 Å². The van der Waals surface area contributed by atoms with Crippen LogP contribution >= 0.6 is 0 Å². The molecule has 25 nitrogen and oxygen atoms in total. The van der Waals surface area contributed by atoms with Crippen molar-refractivity contribution in [3.05, 3.63) is 0 Å². The number of aliphatic hydroxyl groups is 14. The summed E-state index contributed by atoms with van der Waals surface area (Å²) in [5, 5.41) is 151. The average molecular weight is 838 g/mol. The molecule has 5 rings (SSSR count). The summed E-state index contributed by atoms with van der Waals surface area (Å²) in [6, 6.07) is -1.60. The van der Waals surface area contributed by atoms with E-state index in [-0.39, 0.29) is 0 Å². The Hall–Kier alpha value is -1.45. The zero-order chi connectivity index (χ0) is 42.2. The summed E-state index contributed by atoms with van der Waals surface area (Å²) in [5.74, 6) is -0.747. The summed E-state index contributed by atoms with van der Waals surface area (Å²) in [4.78, 5) is 12.2. The Bertz CT molecular complexity index is 1290. The summed E-state index contributed by atoms with van der Waals surface area (Å²) < 4.78 is 52.1. The lowest BCUT2D eigenvalue weighted by Crippen LogP contribution is -2.70. The number of carbonyl (C=O) groups excluding carboxylic acids is 1. The number of nitrogens with one attached hydrogen (secondary N) is 1. The number of hydrogen-bond acceptors (Lipinski definition) is 24.